The van der Waals surface area contributed by atoms with Crippen molar-refractivity contribution in [3.05, 3.63) is 26.9 Å². The lowest BCUT2D eigenvalue weighted by atomic mass is 10.1. The molecular weight excluding hydrogens is 318 g/mol. The Morgan fingerprint density at radius 1 is 1.68 bits per heavy atom. The highest BCUT2D eigenvalue weighted by Gasteiger charge is 2.27. The fourth-order valence-corrected chi connectivity index (χ4v) is 2.78. The SMILES string of the molecule is O=C(O)CC1CCN(c2ncc([N+](=O)[O-])cc2Br)C1. The number of carbonyl (C=O) groups is 1. The minimum absolute atomic E-state index is 0.0723. The molecule has 0 amide bonds. The summed E-state index contributed by atoms with van der Waals surface area (Å²) in [6.07, 6.45) is 2.14. The van der Waals surface area contributed by atoms with Crippen molar-refractivity contribution in [2.45, 2.75) is 12.8 Å². The van der Waals surface area contributed by atoms with Gasteiger partial charge in [-0.3, -0.25) is 14.9 Å². The molecule has 102 valence electrons. The molecule has 2 rings (SSSR count). The van der Waals surface area contributed by atoms with E-state index in [0.29, 0.717) is 23.4 Å². The number of anilines is 1. The van der Waals surface area contributed by atoms with E-state index in [2.05, 4.69) is 20.9 Å². The standard InChI is InChI=1S/C11H12BrN3O4/c12-9-4-8(15(18)19)5-13-11(9)14-2-1-7(6-14)3-10(16)17/h4-5,7H,1-3,6H2,(H,16,17). The van der Waals surface area contributed by atoms with Crippen LogP contribution in [0.5, 0.6) is 0 Å². The summed E-state index contributed by atoms with van der Waals surface area (Å²) in [5.74, 6) is -0.0811. The first-order valence-electron chi connectivity index (χ1n) is 5.74. The minimum atomic E-state index is -0.803. The molecule has 1 aromatic rings. The van der Waals surface area contributed by atoms with Gasteiger partial charge in [-0.1, -0.05) is 0 Å². The van der Waals surface area contributed by atoms with Crippen molar-refractivity contribution in [3.63, 3.8) is 0 Å². The lowest BCUT2D eigenvalue weighted by Crippen LogP contribution is -2.22. The molecule has 0 aromatic carbocycles. The number of aliphatic carboxylic acids is 1. The average molecular weight is 330 g/mol. The number of carboxylic acids is 1. The van der Waals surface area contributed by atoms with Crippen LogP contribution >= 0.6 is 15.9 Å². The molecule has 0 spiro atoms. The number of pyridine rings is 1. The first-order valence-corrected chi connectivity index (χ1v) is 6.53. The Bertz CT molecular complexity index is 523. The highest BCUT2D eigenvalue weighted by Crippen LogP contribution is 2.31. The molecule has 8 heteroatoms. The fraction of sp³-hybridized carbons (Fsp3) is 0.455. The Morgan fingerprint density at radius 2 is 2.42 bits per heavy atom. The second-order valence-electron chi connectivity index (χ2n) is 4.45. The van der Waals surface area contributed by atoms with Gasteiger partial charge in [0.05, 0.1) is 9.40 Å². The van der Waals surface area contributed by atoms with Crippen molar-refractivity contribution < 1.29 is 14.8 Å². The number of nitrogens with zero attached hydrogens (tertiary/aromatic N) is 3. The van der Waals surface area contributed by atoms with Gasteiger partial charge in [-0.25, -0.2) is 4.98 Å². The lowest BCUT2D eigenvalue weighted by molar-refractivity contribution is -0.385. The zero-order valence-corrected chi connectivity index (χ0v) is 11.5. The van der Waals surface area contributed by atoms with Crippen LogP contribution in [0.2, 0.25) is 0 Å². The van der Waals surface area contributed by atoms with E-state index in [-0.39, 0.29) is 18.0 Å². The number of hydrogen-bond acceptors (Lipinski definition) is 5. The number of halogens is 1. The lowest BCUT2D eigenvalue weighted by Gasteiger charge is -2.18. The van der Waals surface area contributed by atoms with Gasteiger partial charge in [0.15, 0.2) is 0 Å². The highest BCUT2D eigenvalue weighted by molar-refractivity contribution is 9.10. The zero-order chi connectivity index (χ0) is 14.0. The Labute approximate surface area is 117 Å². The van der Waals surface area contributed by atoms with Crippen molar-refractivity contribution in [3.8, 4) is 0 Å². The Hall–Kier alpha value is -1.70. The van der Waals surface area contributed by atoms with E-state index in [1.165, 1.54) is 12.3 Å². The third-order valence-electron chi connectivity index (χ3n) is 3.07. The van der Waals surface area contributed by atoms with E-state index >= 15 is 0 Å². The number of rotatable bonds is 4. The molecule has 1 aliphatic heterocycles. The van der Waals surface area contributed by atoms with Crippen LogP contribution in [-0.4, -0.2) is 34.1 Å². The molecule has 1 fully saturated rings. The van der Waals surface area contributed by atoms with Crippen LogP contribution in [0.15, 0.2) is 16.7 Å². The third kappa shape index (κ3) is 3.19. The van der Waals surface area contributed by atoms with Gasteiger partial charge in [-0.2, -0.15) is 0 Å². The molecular formula is C11H12BrN3O4. The van der Waals surface area contributed by atoms with E-state index < -0.39 is 10.9 Å². The van der Waals surface area contributed by atoms with Crippen LogP contribution < -0.4 is 4.90 Å². The maximum absolute atomic E-state index is 10.7. The summed E-state index contributed by atoms with van der Waals surface area (Å²) in [6, 6.07) is 1.41. The molecule has 0 aliphatic carbocycles. The molecule has 1 atom stereocenters. The minimum Gasteiger partial charge on any atom is -0.481 e. The van der Waals surface area contributed by atoms with Crippen LogP contribution in [0, 0.1) is 16.0 Å². The van der Waals surface area contributed by atoms with Crippen LogP contribution in [-0.2, 0) is 4.79 Å². The first kappa shape index (κ1) is 13.7. The van der Waals surface area contributed by atoms with E-state index in [4.69, 9.17) is 5.11 Å². The number of carboxylic acid groups (broad SMARTS) is 1. The van der Waals surface area contributed by atoms with E-state index in [9.17, 15) is 14.9 Å². The highest BCUT2D eigenvalue weighted by atomic mass is 79.9. The quantitative estimate of drug-likeness (QED) is 0.670. The Morgan fingerprint density at radius 3 is 3.00 bits per heavy atom. The summed E-state index contributed by atoms with van der Waals surface area (Å²) in [7, 11) is 0. The summed E-state index contributed by atoms with van der Waals surface area (Å²) >= 11 is 3.27. The number of nitro groups is 1. The smallest absolute Gasteiger partial charge is 0.303 e. The van der Waals surface area contributed by atoms with Crippen LogP contribution in [0.1, 0.15) is 12.8 Å². The van der Waals surface area contributed by atoms with E-state index in [1.807, 2.05) is 4.90 Å². The van der Waals surface area contributed by atoms with E-state index in [1.54, 1.807) is 0 Å². The molecule has 1 saturated heterocycles. The van der Waals surface area contributed by atoms with Crippen molar-refractivity contribution in [1.82, 2.24) is 4.98 Å². The summed E-state index contributed by atoms with van der Waals surface area (Å²) in [4.78, 5) is 26.8. The van der Waals surface area contributed by atoms with Gasteiger partial charge in [0.1, 0.15) is 12.0 Å². The van der Waals surface area contributed by atoms with Gasteiger partial charge in [0.2, 0.25) is 0 Å². The predicted octanol–water partition coefficient (Wildman–Crippen LogP) is 2.05. The second-order valence-corrected chi connectivity index (χ2v) is 5.31. The van der Waals surface area contributed by atoms with Crippen molar-refractivity contribution in [1.29, 1.82) is 0 Å². The number of hydrogen-bond donors (Lipinski definition) is 1. The molecule has 2 heterocycles. The molecule has 0 saturated carbocycles. The normalized spacial score (nSPS) is 18.6. The topological polar surface area (TPSA) is 96.6 Å². The largest absolute Gasteiger partial charge is 0.481 e. The molecule has 0 bridgehead atoms. The second kappa shape index (κ2) is 5.52. The maximum Gasteiger partial charge on any atom is 0.303 e. The predicted molar refractivity (Wildman–Crippen MR) is 71.2 cm³/mol. The van der Waals surface area contributed by atoms with E-state index in [0.717, 1.165) is 6.42 Å². The van der Waals surface area contributed by atoms with Crippen LogP contribution in [0.4, 0.5) is 11.5 Å². The fourth-order valence-electron chi connectivity index (χ4n) is 2.19. The maximum atomic E-state index is 10.7. The van der Waals surface area contributed by atoms with Gasteiger partial charge < -0.3 is 10.0 Å². The molecule has 1 aliphatic rings. The Kier molecular flexibility index (Phi) is 3.98. The van der Waals surface area contributed by atoms with Crippen molar-refractivity contribution in [2.75, 3.05) is 18.0 Å². The molecule has 1 N–H and O–H groups in total. The first-order chi connectivity index (χ1) is 8.97. The zero-order valence-electron chi connectivity index (χ0n) is 9.95. The number of aromatic nitrogens is 1. The van der Waals surface area contributed by atoms with Gasteiger partial charge in [-0.15, -0.1) is 0 Å². The third-order valence-corrected chi connectivity index (χ3v) is 3.65. The molecule has 0 radical (unpaired) electrons. The van der Waals surface area contributed by atoms with Gasteiger partial charge in [0, 0.05) is 25.6 Å². The summed E-state index contributed by atoms with van der Waals surface area (Å²) in [6.45, 7) is 1.32. The summed E-state index contributed by atoms with van der Waals surface area (Å²) in [5.41, 5.74) is -0.0723. The Balaban J connectivity index is 2.11. The van der Waals surface area contributed by atoms with Gasteiger partial charge in [0.25, 0.3) is 5.69 Å². The molecule has 7 nitrogen and oxygen atoms in total. The molecule has 19 heavy (non-hydrogen) atoms. The molecule has 1 unspecified atom stereocenters. The van der Waals surface area contributed by atoms with Crippen molar-refractivity contribution in [2.24, 2.45) is 5.92 Å². The van der Waals surface area contributed by atoms with Crippen LogP contribution in [0.25, 0.3) is 0 Å². The van der Waals surface area contributed by atoms with Gasteiger partial charge >= 0.3 is 5.97 Å². The van der Waals surface area contributed by atoms with Crippen LogP contribution in [0.3, 0.4) is 0 Å². The summed E-state index contributed by atoms with van der Waals surface area (Å²) in [5, 5.41) is 19.4. The van der Waals surface area contributed by atoms with Crippen molar-refractivity contribution >= 4 is 33.4 Å². The monoisotopic (exact) mass is 329 g/mol. The summed E-state index contributed by atoms with van der Waals surface area (Å²) < 4.78 is 0.553. The molecule has 1 aromatic heterocycles. The average Bonchev–Trinajstić information content (AvgIpc) is 2.76. The van der Waals surface area contributed by atoms with Gasteiger partial charge in [-0.05, 0) is 28.3 Å².